The van der Waals surface area contributed by atoms with Gasteiger partial charge in [-0.25, -0.2) is 0 Å². The van der Waals surface area contributed by atoms with E-state index in [2.05, 4.69) is 22.3 Å². The van der Waals surface area contributed by atoms with Gasteiger partial charge in [-0.2, -0.15) is 0 Å². The highest BCUT2D eigenvalue weighted by molar-refractivity contribution is 5.80. The minimum absolute atomic E-state index is 0.0226. The molecule has 1 rings (SSSR count). The lowest BCUT2D eigenvalue weighted by Crippen LogP contribution is -2.45. The van der Waals surface area contributed by atoms with Crippen molar-refractivity contribution in [1.82, 2.24) is 10.2 Å². The van der Waals surface area contributed by atoms with Gasteiger partial charge in [-0.05, 0) is 12.5 Å². The summed E-state index contributed by atoms with van der Waals surface area (Å²) < 4.78 is 0. The highest BCUT2D eigenvalue weighted by Gasteiger charge is 2.19. The van der Waals surface area contributed by atoms with Crippen LogP contribution in [-0.4, -0.2) is 37.0 Å². The van der Waals surface area contributed by atoms with Crippen molar-refractivity contribution >= 4 is 5.91 Å². The Morgan fingerprint density at radius 3 is 2.59 bits per heavy atom. The number of benzene rings is 1. The second kappa shape index (κ2) is 7.04. The number of nitrogens with two attached hydrogens (primary N) is 1. The van der Waals surface area contributed by atoms with E-state index < -0.39 is 0 Å². The van der Waals surface area contributed by atoms with E-state index in [4.69, 9.17) is 5.73 Å². The van der Waals surface area contributed by atoms with Gasteiger partial charge in [0.25, 0.3) is 0 Å². The van der Waals surface area contributed by atoms with Crippen molar-refractivity contribution in [3.8, 4) is 0 Å². The monoisotopic (exact) mass is 235 g/mol. The standard InChI is InChI=1S/C13H21N3O/c1-11(13(17)15-2)16(9-8-14)10-12-6-4-3-5-7-12/h3-7,11H,8-10,14H2,1-2H3,(H,15,17). The zero-order valence-electron chi connectivity index (χ0n) is 10.5. The summed E-state index contributed by atoms with van der Waals surface area (Å²) in [7, 11) is 1.65. The fourth-order valence-electron chi connectivity index (χ4n) is 1.77. The van der Waals surface area contributed by atoms with Gasteiger partial charge >= 0.3 is 0 Å². The van der Waals surface area contributed by atoms with Crippen LogP contribution in [0.4, 0.5) is 0 Å². The van der Waals surface area contributed by atoms with E-state index in [9.17, 15) is 4.79 Å². The number of likely N-dealkylation sites (N-methyl/N-ethyl adjacent to an activating group) is 1. The minimum Gasteiger partial charge on any atom is -0.358 e. The number of nitrogens with one attached hydrogen (secondary N) is 1. The number of hydrogen-bond donors (Lipinski definition) is 2. The fraction of sp³-hybridized carbons (Fsp3) is 0.462. The van der Waals surface area contributed by atoms with Gasteiger partial charge in [0, 0.05) is 26.7 Å². The maximum absolute atomic E-state index is 11.6. The van der Waals surface area contributed by atoms with Crippen LogP contribution in [0.3, 0.4) is 0 Å². The first-order valence-corrected chi connectivity index (χ1v) is 5.88. The minimum atomic E-state index is -0.163. The molecule has 0 bridgehead atoms. The molecule has 4 heteroatoms. The van der Waals surface area contributed by atoms with E-state index in [1.807, 2.05) is 25.1 Å². The molecule has 94 valence electrons. The zero-order chi connectivity index (χ0) is 12.7. The number of amides is 1. The van der Waals surface area contributed by atoms with Crippen molar-refractivity contribution in [2.75, 3.05) is 20.1 Å². The van der Waals surface area contributed by atoms with E-state index in [1.165, 1.54) is 5.56 Å². The van der Waals surface area contributed by atoms with Crippen molar-refractivity contribution in [3.05, 3.63) is 35.9 Å². The summed E-state index contributed by atoms with van der Waals surface area (Å²) in [5.41, 5.74) is 6.78. The molecule has 0 spiro atoms. The molecule has 4 nitrogen and oxygen atoms in total. The van der Waals surface area contributed by atoms with Gasteiger partial charge in [0.1, 0.15) is 0 Å². The van der Waals surface area contributed by atoms with Gasteiger partial charge < -0.3 is 11.1 Å². The quantitative estimate of drug-likeness (QED) is 0.758. The summed E-state index contributed by atoms with van der Waals surface area (Å²) in [6, 6.07) is 9.93. The molecule has 3 N–H and O–H groups in total. The SMILES string of the molecule is CNC(=O)C(C)N(CCN)Cc1ccccc1. The molecule has 1 atom stereocenters. The van der Waals surface area contributed by atoms with Crippen LogP contribution in [0.25, 0.3) is 0 Å². The third kappa shape index (κ3) is 4.17. The number of rotatable bonds is 6. The second-order valence-electron chi connectivity index (χ2n) is 4.03. The third-order valence-electron chi connectivity index (χ3n) is 2.82. The van der Waals surface area contributed by atoms with E-state index >= 15 is 0 Å². The Balaban J connectivity index is 2.69. The molecule has 1 amide bonds. The van der Waals surface area contributed by atoms with Gasteiger partial charge in [-0.15, -0.1) is 0 Å². The molecule has 0 aliphatic rings. The van der Waals surface area contributed by atoms with Crippen LogP contribution >= 0.6 is 0 Å². The van der Waals surface area contributed by atoms with Crippen molar-refractivity contribution in [2.24, 2.45) is 5.73 Å². The Morgan fingerprint density at radius 2 is 2.06 bits per heavy atom. The van der Waals surface area contributed by atoms with Crippen molar-refractivity contribution in [3.63, 3.8) is 0 Å². The molecule has 0 fully saturated rings. The van der Waals surface area contributed by atoms with E-state index in [-0.39, 0.29) is 11.9 Å². The average molecular weight is 235 g/mol. The molecule has 0 heterocycles. The second-order valence-corrected chi connectivity index (χ2v) is 4.03. The fourth-order valence-corrected chi connectivity index (χ4v) is 1.77. The van der Waals surface area contributed by atoms with Crippen LogP contribution in [-0.2, 0) is 11.3 Å². The zero-order valence-corrected chi connectivity index (χ0v) is 10.5. The number of nitrogens with zero attached hydrogens (tertiary/aromatic N) is 1. The normalized spacial score (nSPS) is 12.5. The van der Waals surface area contributed by atoms with Crippen molar-refractivity contribution in [1.29, 1.82) is 0 Å². The third-order valence-corrected chi connectivity index (χ3v) is 2.82. The van der Waals surface area contributed by atoms with E-state index in [0.29, 0.717) is 13.1 Å². The molecule has 0 aromatic heterocycles. The van der Waals surface area contributed by atoms with Crippen molar-refractivity contribution in [2.45, 2.75) is 19.5 Å². The van der Waals surface area contributed by atoms with Crippen LogP contribution in [0.2, 0.25) is 0 Å². The predicted octanol–water partition coefficient (Wildman–Crippen LogP) is 0.582. The lowest BCUT2D eigenvalue weighted by Gasteiger charge is -2.27. The van der Waals surface area contributed by atoms with Gasteiger partial charge in [-0.3, -0.25) is 9.69 Å². The number of carbonyl (C=O) groups is 1. The van der Waals surface area contributed by atoms with Gasteiger partial charge in [0.15, 0.2) is 0 Å². The number of carbonyl (C=O) groups excluding carboxylic acids is 1. The van der Waals surface area contributed by atoms with E-state index in [0.717, 1.165) is 6.54 Å². The highest BCUT2D eigenvalue weighted by atomic mass is 16.2. The van der Waals surface area contributed by atoms with Crippen LogP contribution < -0.4 is 11.1 Å². The largest absolute Gasteiger partial charge is 0.358 e. The smallest absolute Gasteiger partial charge is 0.236 e. The molecule has 0 saturated carbocycles. The summed E-state index contributed by atoms with van der Waals surface area (Å²) in [6.07, 6.45) is 0. The predicted molar refractivity (Wildman–Crippen MR) is 69.4 cm³/mol. The van der Waals surface area contributed by atoms with Crippen LogP contribution in [0.15, 0.2) is 30.3 Å². The average Bonchev–Trinajstić information content (AvgIpc) is 2.37. The summed E-state index contributed by atoms with van der Waals surface area (Å²) in [6.45, 7) is 3.90. The summed E-state index contributed by atoms with van der Waals surface area (Å²) in [4.78, 5) is 13.7. The molecule has 0 radical (unpaired) electrons. The topological polar surface area (TPSA) is 58.4 Å². The Bertz CT molecular complexity index is 340. The Morgan fingerprint density at radius 1 is 1.41 bits per heavy atom. The van der Waals surface area contributed by atoms with Crippen LogP contribution in [0.1, 0.15) is 12.5 Å². The highest BCUT2D eigenvalue weighted by Crippen LogP contribution is 2.07. The first kappa shape index (κ1) is 13.7. The molecule has 0 aliphatic carbocycles. The summed E-state index contributed by atoms with van der Waals surface area (Å²) in [5, 5.41) is 2.67. The van der Waals surface area contributed by atoms with E-state index in [1.54, 1.807) is 7.05 Å². The molecule has 1 aromatic carbocycles. The molecule has 0 saturated heterocycles. The molecule has 1 unspecified atom stereocenters. The Kier molecular flexibility index (Phi) is 5.66. The molecule has 17 heavy (non-hydrogen) atoms. The maximum atomic E-state index is 11.6. The first-order valence-electron chi connectivity index (χ1n) is 5.88. The van der Waals surface area contributed by atoms with Crippen LogP contribution in [0, 0.1) is 0 Å². The first-order chi connectivity index (χ1) is 8.19. The maximum Gasteiger partial charge on any atom is 0.236 e. The molecular weight excluding hydrogens is 214 g/mol. The van der Waals surface area contributed by atoms with Gasteiger partial charge in [0.05, 0.1) is 6.04 Å². The lowest BCUT2D eigenvalue weighted by atomic mass is 10.1. The van der Waals surface area contributed by atoms with Crippen LogP contribution in [0.5, 0.6) is 0 Å². The number of hydrogen-bond acceptors (Lipinski definition) is 3. The Labute approximate surface area is 103 Å². The summed E-state index contributed by atoms with van der Waals surface area (Å²) in [5.74, 6) is 0.0226. The lowest BCUT2D eigenvalue weighted by molar-refractivity contribution is -0.125. The van der Waals surface area contributed by atoms with Gasteiger partial charge in [-0.1, -0.05) is 30.3 Å². The van der Waals surface area contributed by atoms with Gasteiger partial charge in [0.2, 0.25) is 5.91 Å². The molecule has 0 aliphatic heterocycles. The Hall–Kier alpha value is -1.39. The molecule has 1 aromatic rings. The summed E-state index contributed by atoms with van der Waals surface area (Å²) >= 11 is 0. The molecular formula is C13H21N3O. The van der Waals surface area contributed by atoms with Crippen molar-refractivity contribution < 1.29 is 4.79 Å².